The molecule has 0 fully saturated rings. The maximum atomic E-state index is 12.2. The molecule has 0 bridgehead atoms. The zero-order valence-electron chi connectivity index (χ0n) is 13.4. The van der Waals surface area contributed by atoms with Crippen LogP contribution in [0.15, 0.2) is 24.3 Å². The molecule has 0 aromatic heterocycles. The minimum Gasteiger partial charge on any atom is -0.463 e. The summed E-state index contributed by atoms with van der Waals surface area (Å²) in [6.45, 7) is 5.58. The van der Waals surface area contributed by atoms with Crippen LogP contribution in [0.5, 0.6) is 0 Å². The maximum absolute atomic E-state index is 12.2. The molecule has 1 rings (SSSR count). The molecule has 0 aliphatic rings. The average molecular weight is 454 g/mol. The second-order valence-electron chi connectivity index (χ2n) is 5.89. The number of rotatable bonds is 6. The summed E-state index contributed by atoms with van der Waals surface area (Å²) < 4.78 is 11.0. The van der Waals surface area contributed by atoms with Crippen LogP contribution >= 0.6 is 34.2 Å². The Morgan fingerprint density at radius 2 is 1.87 bits per heavy atom. The van der Waals surface area contributed by atoms with Gasteiger partial charge in [-0.1, -0.05) is 46.3 Å². The zero-order valence-corrected chi connectivity index (χ0v) is 16.3. The lowest BCUT2D eigenvalue weighted by atomic mass is 10.1. The van der Waals surface area contributed by atoms with Crippen molar-refractivity contribution in [1.29, 1.82) is 0 Å². The van der Waals surface area contributed by atoms with Crippen LogP contribution in [-0.2, 0) is 20.7 Å². The van der Waals surface area contributed by atoms with E-state index in [1.807, 2.05) is 0 Å². The average Bonchev–Trinajstić information content (AvgIpc) is 2.44. The number of halogens is 2. The minimum absolute atomic E-state index is 0.298. The quantitative estimate of drug-likeness (QED) is 0.405. The number of esters is 1. The molecule has 0 spiro atoms. The van der Waals surface area contributed by atoms with Crippen LogP contribution in [0, 0.1) is 0 Å². The number of hydrogen-bond acceptors (Lipinski definition) is 4. The summed E-state index contributed by atoms with van der Waals surface area (Å²) in [5.41, 5.74) is 0.225. The van der Waals surface area contributed by atoms with Crippen LogP contribution in [0.3, 0.4) is 0 Å². The molecule has 0 aliphatic carbocycles. The lowest BCUT2D eigenvalue weighted by molar-refractivity contribution is -0.145. The Bertz CT molecular complexity index is 528. The van der Waals surface area contributed by atoms with Crippen LogP contribution in [0.1, 0.15) is 26.3 Å². The highest BCUT2D eigenvalue weighted by Crippen LogP contribution is 2.13. The molecular formula is C16H21ClINO4. The molecule has 1 aromatic carbocycles. The zero-order chi connectivity index (χ0) is 17.5. The highest BCUT2D eigenvalue weighted by molar-refractivity contribution is 14.1. The van der Waals surface area contributed by atoms with Gasteiger partial charge >= 0.3 is 12.1 Å². The first-order chi connectivity index (χ1) is 10.7. The Morgan fingerprint density at radius 3 is 2.39 bits per heavy atom. The second kappa shape index (κ2) is 9.32. The molecule has 1 atom stereocenters. The standard InChI is InChI=1S/C16H21ClINO4/c1-16(2,3)23-15(21)19-13(14(20)22-9-8-18)10-11-4-6-12(17)7-5-11/h4-7,13H,8-10H2,1-3H3,(H,19,21)/t13-/m0/s1. The van der Waals surface area contributed by atoms with Crippen LogP contribution in [0.4, 0.5) is 4.79 Å². The van der Waals surface area contributed by atoms with Gasteiger partial charge in [0, 0.05) is 15.9 Å². The number of carbonyl (C=O) groups is 2. The number of benzene rings is 1. The van der Waals surface area contributed by atoms with E-state index in [0.29, 0.717) is 22.5 Å². The fraction of sp³-hybridized carbons (Fsp3) is 0.500. The minimum atomic E-state index is -0.811. The van der Waals surface area contributed by atoms with Crippen LogP contribution < -0.4 is 5.32 Å². The molecule has 0 aliphatic heterocycles. The van der Waals surface area contributed by atoms with Crippen molar-refractivity contribution in [3.8, 4) is 0 Å². The van der Waals surface area contributed by atoms with Gasteiger partial charge in [-0.05, 0) is 38.5 Å². The van der Waals surface area contributed by atoms with Gasteiger partial charge in [-0.15, -0.1) is 0 Å². The number of hydrogen-bond donors (Lipinski definition) is 1. The fourth-order valence-corrected chi connectivity index (χ4v) is 2.09. The molecule has 7 heteroatoms. The maximum Gasteiger partial charge on any atom is 0.408 e. The summed E-state index contributed by atoms with van der Waals surface area (Å²) in [4.78, 5) is 24.1. The fourth-order valence-electron chi connectivity index (χ4n) is 1.74. The number of amides is 1. The Morgan fingerprint density at radius 1 is 1.26 bits per heavy atom. The highest BCUT2D eigenvalue weighted by atomic mass is 127. The first kappa shape index (κ1) is 20.0. The van der Waals surface area contributed by atoms with Gasteiger partial charge in [0.25, 0.3) is 0 Å². The van der Waals surface area contributed by atoms with Gasteiger partial charge < -0.3 is 14.8 Å². The number of carbonyl (C=O) groups excluding carboxylic acids is 2. The molecule has 1 amide bonds. The molecule has 128 valence electrons. The van der Waals surface area contributed by atoms with Gasteiger partial charge in [-0.2, -0.15) is 0 Å². The van der Waals surface area contributed by atoms with Crippen molar-refractivity contribution >= 4 is 46.3 Å². The van der Waals surface area contributed by atoms with Gasteiger partial charge in [0.15, 0.2) is 0 Å². The Hall–Kier alpha value is -1.02. The molecule has 0 saturated heterocycles. The topological polar surface area (TPSA) is 64.6 Å². The van der Waals surface area contributed by atoms with Crippen molar-refractivity contribution in [1.82, 2.24) is 5.32 Å². The monoisotopic (exact) mass is 453 g/mol. The number of ether oxygens (including phenoxy) is 2. The van der Waals surface area contributed by atoms with Gasteiger partial charge in [-0.3, -0.25) is 0 Å². The van der Waals surface area contributed by atoms with E-state index in [9.17, 15) is 9.59 Å². The molecule has 1 aromatic rings. The summed E-state index contributed by atoms with van der Waals surface area (Å²) in [6, 6.07) is 6.26. The second-order valence-corrected chi connectivity index (χ2v) is 7.40. The van der Waals surface area contributed by atoms with E-state index in [0.717, 1.165) is 5.56 Å². The van der Waals surface area contributed by atoms with E-state index in [1.54, 1.807) is 45.0 Å². The van der Waals surface area contributed by atoms with Crippen molar-refractivity contribution in [3.05, 3.63) is 34.9 Å². The smallest absolute Gasteiger partial charge is 0.408 e. The number of nitrogens with one attached hydrogen (secondary N) is 1. The summed E-state index contributed by atoms with van der Waals surface area (Å²) >= 11 is 7.96. The first-order valence-electron chi connectivity index (χ1n) is 7.18. The predicted octanol–water partition coefficient (Wildman–Crippen LogP) is 3.75. The van der Waals surface area contributed by atoms with E-state index in [4.69, 9.17) is 21.1 Å². The molecule has 0 unspecified atom stereocenters. The summed E-state index contributed by atoms with van der Waals surface area (Å²) in [5, 5.41) is 3.18. The van der Waals surface area contributed by atoms with Crippen LogP contribution in [0.25, 0.3) is 0 Å². The summed E-state index contributed by atoms with van der Waals surface area (Å²) in [7, 11) is 0. The van der Waals surface area contributed by atoms with Gasteiger partial charge in [0.2, 0.25) is 0 Å². The normalized spacial score (nSPS) is 12.4. The Labute approximate surface area is 155 Å². The van der Waals surface area contributed by atoms with E-state index in [1.165, 1.54) is 0 Å². The molecule has 0 heterocycles. The van der Waals surface area contributed by atoms with Crippen LogP contribution in [0.2, 0.25) is 5.02 Å². The van der Waals surface area contributed by atoms with Crippen LogP contribution in [-0.4, -0.2) is 34.7 Å². The van der Waals surface area contributed by atoms with E-state index in [-0.39, 0.29) is 0 Å². The van der Waals surface area contributed by atoms with E-state index >= 15 is 0 Å². The van der Waals surface area contributed by atoms with Crippen molar-refractivity contribution in [3.63, 3.8) is 0 Å². The number of alkyl carbamates (subject to hydrolysis) is 1. The Kier molecular flexibility index (Phi) is 8.11. The third-order valence-corrected chi connectivity index (χ3v) is 3.34. The molecule has 1 N–H and O–H groups in total. The van der Waals surface area contributed by atoms with Gasteiger partial charge in [-0.25, -0.2) is 9.59 Å². The molecule has 5 nitrogen and oxygen atoms in total. The third kappa shape index (κ3) is 8.41. The van der Waals surface area contributed by atoms with E-state index in [2.05, 4.69) is 27.9 Å². The molecular weight excluding hydrogens is 433 g/mol. The van der Waals surface area contributed by atoms with Gasteiger partial charge in [0.05, 0.1) is 0 Å². The molecule has 0 radical (unpaired) electrons. The van der Waals surface area contributed by atoms with Gasteiger partial charge in [0.1, 0.15) is 18.2 Å². The summed E-state index contributed by atoms with van der Waals surface area (Å²) in [5.74, 6) is -0.484. The summed E-state index contributed by atoms with van der Waals surface area (Å²) in [6.07, 6.45) is -0.348. The molecule has 23 heavy (non-hydrogen) atoms. The Balaban J connectivity index is 2.77. The molecule has 0 saturated carbocycles. The lowest BCUT2D eigenvalue weighted by Crippen LogP contribution is -2.45. The third-order valence-electron chi connectivity index (χ3n) is 2.65. The van der Waals surface area contributed by atoms with Crippen molar-refractivity contribution in [2.45, 2.75) is 38.8 Å². The number of alkyl halides is 1. The van der Waals surface area contributed by atoms with Crippen molar-refractivity contribution in [2.75, 3.05) is 11.0 Å². The SMILES string of the molecule is CC(C)(C)OC(=O)N[C@@H](Cc1ccc(Cl)cc1)C(=O)OCCI. The van der Waals surface area contributed by atoms with Crippen molar-refractivity contribution < 1.29 is 19.1 Å². The van der Waals surface area contributed by atoms with E-state index < -0.39 is 23.7 Å². The van der Waals surface area contributed by atoms with Crippen molar-refractivity contribution in [2.24, 2.45) is 0 Å². The lowest BCUT2D eigenvalue weighted by Gasteiger charge is -2.23. The predicted molar refractivity (Wildman–Crippen MR) is 98.2 cm³/mol. The highest BCUT2D eigenvalue weighted by Gasteiger charge is 2.25. The first-order valence-corrected chi connectivity index (χ1v) is 9.08. The largest absolute Gasteiger partial charge is 0.463 e.